The molecule has 2 atom stereocenters. The Balaban J connectivity index is 2.42. The molecule has 0 spiro atoms. The van der Waals surface area contributed by atoms with E-state index in [2.05, 4.69) is 0 Å². The lowest BCUT2D eigenvalue weighted by Gasteiger charge is -2.33. The molecule has 6 nitrogen and oxygen atoms in total. The van der Waals surface area contributed by atoms with Gasteiger partial charge in [-0.25, -0.2) is 0 Å². The van der Waals surface area contributed by atoms with Crippen LogP contribution in [0.15, 0.2) is 0 Å². The summed E-state index contributed by atoms with van der Waals surface area (Å²) in [7, 11) is 0. The molecule has 1 amide bonds. The molecule has 17 heavy (non-hydrogen) atoms. The van der Waals surface area contributed by atoms with E-state index in [0.717, 1.165) is 6.42 Å². The van der Waals surface area contributed by atoms with Gasteiger partial charge in [-0.1, -0.05) is 6.92 Å². The van der Waals surface area contributed by atoms with Gasteiger partial charge in [0.15, 0.2) is 0 Å². The van der Waals surface area contributed by atoms with Gasteiger partial charge in [-0.05, 0) is 12.8 Å². The highest BCUT2D eigenvalue weighted by Crippen LogP contribution is 2.10. The predicted octanol–water partition coefficient (Wildman–Crippen LogP) is -0.184. The molecule has 1 aliphatic heterocycles. The Morgan fingerprint density at radius 3 is 2.88 bits per heavy atom. The average molecular weight is 244 g/mol. The van der Waals surface area contributed by atoms with Crippen LogP contribution in [0.3, 0.4) is 0 Å². The van der Waals surface area contributed by atoms with Crippen LogP contribution in [0, 0.1) is 0 Å². The van der Waals surface area contributed by atoms with Crippen molar-refractivity contribution in [2.75, 3.05) is 19.7 Å². The Hall–Kier alpha value is -1.14. The SMILES string of the molecule is CCC1CN(C(=O)C(N)CCC(=O)O)CCO1. The Kier molecular flexibility index (Phi) is 5.37. The second-order valence-corrected chi connectivity index (χ2v) is 4.22. The summed E-state index contributed by atoms with van der Waals surface area (Å²) < 4.78 is 5.46. The van der Waals surface area contributed by atoms with Crippen LogP contribution in [0.4, 0.5) is 0 Å². The molecular formula is C11H20N2O4. The lowest BCUT2D eigenvalue weighted by Crippen LogP contribution is -2.51. The van der Waals surface area contributed by atoms with E-state index in [1.807, 2.05) is 6.92 Å². The number of carboxylic acids is 1. The fourth-order valence-corrected chi connectivity index (χ4v) is 1.80. The molecule has 0 aromatic carbocycles. The van der Waals surface area contributed by atoms with Crippen molar-refractivity contribution in [3.05, 3.63) is 0 Å². The third-order valence-corrected chi connectivity index (χ3v) is 2.89. The number of rotatable bonds is 5. The Morgan fingerprint density at radius 2 is 2.29 bits per heavy atom. The van der Waals surface area contributed by atoms with Gasteiger partial charge in [-0.3, -0.25) is 9.59 Å². The second-order valence-electron chi connectivity index (χ2n) is 4.22. The molecule has 1 saturated heterocycles. The smallest absolute Gasteiger partial charge is 0.303 e. The van der Waals surface area contributed by atoms with Gasteiger partial charge in [-0.15, -0.1) is 0 Å². The van der Waals surface area contributed by atoms with Crippen molar-refractivity contribution in [1.82, 2.24) is 4.90 Å². The number of carboxylic acid groups (broad SMARTS) is 1. The summed E-state index contributed by atoms with van der Waals surface area (Å²) in [5.74, 6) is -1.10. The number of carbonyl (C=O) groups is 2. The van der Waals surface area contributed by atoms with E-state index in [4.69, 9.17) is 15.6 Å². The zero-order valence-electron chi connectivity index (χ0n) is 10.1. The molecule has 1 heterocycles. The third-order valence-electron chi connectivity index (χ3n) is 2.89. The minimum Gasteiger partial charge on any atom is -0.481 e. The van der Waals surface area contributed by atoms with E-state index in [1.54, 1.807) is 4.90 Å². The van der Waals surface area contributed by atoms with Crippen molar-refractivity contribution < 1.29 is 19.4 Å². The molecule has 0 aromatic heterocycles. The van der Waals surface area contributed by atoms with Crippen LogP contribution in [-0.4, -0.2) is 53.7 Å². The van der Waals surface area contributed by atoms with E-state index in [-0.39, 0.29) is 24.9 Å². The summed E-state index contributed by atoms with van der Waals surface area (Å²) in [5.41, 5.74) is 5.69. The summed E-state index contributed by atoms with van der Waals surface area (Å²) in [4.78, 5) is 24.0. The van der Waals surface area contributed by atoms with Gasteiger partial charge in [0.2, 0.25) is 5.91 Å². The fourth-order valence-electron chi connectivity index (χ4n) is 1.80. The number of morpholine rings is 1. The lowest BCUT2D eigenvalue weighted by atomic mass is 10.1. The first kappa shape index (κ1) is 13.9. The number of aliphatic carboxylic acids is 1. The van der Waals surface area contributed by atoms with Crippen molar-refractivity contribution in [3.8, 4) is 0 Å². The van der Waals surface area contributed by atoms with E-state index < -0.39 is 12.0 Å². The van der Waals surface area contributed by atoms with Crippen LogP contribution in [-0.2, 0) is 14.3 Å². The largest absolute Gasteiger partial charge is 0.481 e. The number of carbonyl (C=O) groups excluding carboxylic acids is 1. The van der Waals surface area contributed by atoms with Crippen molar-refractivity contribution in [2.24, 2.45) is 5.73 Å². The molecule has 0 saturated carbocycles. The highest BCUT2D eigenvalue weighted by Gasteiger charge is 2.26. The van der Waals surface area contributed by atoms with Crippen LogP contribution >= 0.6 is 0 Å². The number of nitrogens with two attached hydrogens (primary N) is 1. The molecule has 1 aliphatic rings. The van der Waals surface area contributed by atoms with Crippen LogP contribution in [0.25, 0.3) is 0 Å². The molecule has 6 heteroatoms. The quantitative estimate of drug-likeness (QED) is 0.699. The summed E-state index contributed by atoms with van der Waals surface area (Å²) >= 11 is 0. The monoisotopic (exact) mass is 244 g/mol. The van der Waals surface area contributed by atoms with Gasteiger partial charge in [0.1, 0.15) is 0 Å². The van der Waals surface area contributed by atoms with Crippen molar-refractivity contribution >= 4 is 11.9 Å². The fraction of sp³-hybridized carbons (Fsp3) is 0.818. The molecule has 3 N–H and O–H groups in total. The number of ether oxygens (including phenoxy) is 1. The summed E-state index contributed by atoms with van der Waals surface area (Å²) in [6, 6.07) is -0.721. The lowest BCUT2D eigenvalue weighted by molar-refractivity contribution is -0.141. The van der Waals surface area contributed by atoms with Crippen molar-refractivity contribution in [1.29, 1.82) is 0 Å². The summed E-state index contributed by atoms with van der Waals surface area (Å²) in [6.45, 7) is 3.62. The number of hydrogen-bond acceptors (Lipinski definition) is 4. The summed E-state index contributed by atoms with van der Waals surface area (Å²) in [6.07, 6.45) is 1.03. The number of hydrogen-bond donors (Lipinski definition) is 2. The van der Waals surface area contributed by atoms with E-state index in [0.29, 0.717) is 19.7 Å². The van der Waals surface area contributed by atoms with Crippen LogP contribution in [0.1, 0.15) is 26.2 Å². The standard InChI is InChI=1S/C11H20N2O4/c1-2-8-7-13(5-6-17-8)11(16)9(12)3-4-10(14)15/h8-9H,2-7,12H2,1H3,(H,14,15). The molecule has 0 radical (unpaired) electrons. The number of amides is 1. The molecule has 0 bridgehead atoms. The van der Waals surface area contributed by atoms with E-state index >= 15 is 0 Å². The third kappa shape index (κ3) is 4.32. The molecule has 1 rings (SSSR count). The first-order valence-corrected chi connectivity index (χ1v) is 5.92. The van der Waals surface area contributed by atoms with E-state index in [1.165, 1.54) is 0 Å². The average Bonchev–Trinajstić information content (AvgIpc) is 2.35. The minimum absolute atomic E-state index is 0.0689. The first-order valence-electron chi connectivity index (χ1n) is 5.92. The van der Waals surface area contributed by atoms with Gasteiger partial charge >= 0.3 is 5.97 Å². The molecular weight excluding hydrogens is 224 g/mol. The molecule has 0 aliphatic carbocycles. The highest BCUT2D eigenvalue weighted by atomic mass is 16.5. The van der Waals surface area contributed by atoms with E-state index in [9.17, 15) is 9.59 Å². The maximum atomic E-state index is 11.9. The Labute approximate surface area is 101 Å². The van der Waals surface area contributed by atoms with Crippen LogP contribution < -0.4 is 5.73 Å². The highest BCUT2D eigenvalue weighted by molar-refractivity contribution is 5.82. The Bertz CT molecular complexity index is 283. The summed E-state index contributed by atoms with van der Waals surface area (Å²) in [5, 5.41) is 8.53. The van der Waals surface area contributed by atoms with Gasteiger partial charge in [0.25, 0.3) is 0 Å². The number of nitrogens with zero attached hydrogens (tertiary/aromatic N) is 1. The zero-order valence-corrected chi connectivity index (χ0v) is 10.1. The van der Waals surface area contributed by atoms with Crippen molar-refractivity contribution in [3.63, 3.8) is 0 Å². The van der Waals surface area contributed by atoms with Gasteiger partial charge in [0.05, 0.1) is 18.8 Å². The maximum absolute atomic E-state index is 11.9. The first-order chi connectivity index (χ1) is 8.04. The predicted molar refractivity (Wildman–Crippen MR) is 61.5 cm³/mol. The molecule has 0 aromatic rings. The topological polar surface area (TPSA) is 92.9 Å². The molecule has 1 fully saturated rings. The van der Waals surface area contributed by atoms with Crippen LogP contribution in [0.2, 0.25) is 0 Å². The second kappa shape index (κ2) is 6.56. The van der Waals surface area contributed by atoms with Crippen molar-refractivity contribution in [2.45, 2.75) is 38.3 Å². The van der Waals surface area contributed by atoms with Gasteiger partial charge < -0.3 is 20.5 Å². The molecule has 98 valence electrons. The maximum Gasteiger partial charge on any atom is 0.303 e. The van der Waals surface area contributed by atoms with Gasteiger partial charge in [-0.2, -0.15) is 0 Å². The molecule has 2 unspecified atom stereocenters. The Morgan fingerprint density at radius 1 is 1.59 bits per heavy atom. The minimum atomic E-state index is -0.929. The normalized spacial score (nSPS) is 22.2. The van der Waals surface area contributed by atoms with Crippen LogP contribution in [0.5, 0.6) is 0 Å². The van der Waals surface area contributed by atoms with Gasteiger partial charge in [0, 0.05) is 19.5 Å². The zero-order chi connectivity index (χ0) is 12.8.